The molecule has 0 aromatic heterocycles. The van der Waals surface area contributed by atoms with Crippen molar-refractivity contribution in [2.24, 2.45) is 0 Å². The minimum Gasteiger partial charge on any atom is -0.312 e. The molecule has 0 bridgehead atoms. The van der Waals surface area contributed by atoms with Crippen LogP contribution in [0.15, 0.2) is 18.2 Å². The van der Waals surface area contributed by atoms with Crippen LogP contribution in [0.25, 0.3) is 0 Å². The summed E-state index contributed by atoms with van der Waals surface area (Å²) in [5.74, 6) is 0. The molecule has 1 aromatic carbocycles. The molecule has 1 saturated heterocycles. The lowest BCUT2D eigenvalue weighted by molar-refractivity contribution is 0.199. The van der Waals surface area contributed by atoms with Crippen LogP contribution in [0.1, 0.15) is 23.6 Å². The van der Waals surface area contributed by atoms with Crippen LogP contribution in [0.3, 0.4) is 0 Å². The lowest BCUT2D eigenvalue weighted by Gasteiger charge is -2.32. The zero-order valence-corrected chi connectivity index (χ0v) is 10.5. The Morgan fingerprint density at radius 3 is 3.00 bits per heavy atom. The minimum atomic E-state index is 0.572. The molecule has 1 aliphatic heterocycles. The van der Waals surface area contributed by atoms with Crippen molar-refractivity contribution in [1.82, 2.24) is 10.2 Å². The van der Waals surface area contributed by atoms with Crippen molar-refractivity contribution in [1.29, 1.82) is 5.26 Å². The van der Waals surface area contributed by atoms with Gasteiger partial charge in [-0.3, -0.25) is 4.90 Å². The van der Waals surface area contributed by atoms with Crippen LogP contribution in [0.5, 0.6) is 0 Å². The molecule has 0 amide bonds. The number of benzene rings is 1. The Morgan fingerprint density at radius 1 is 1.53 bits per heavy atom. The molecule has 0 unspecified atom stereocenters. The average Bonchev–Trinajstić information content (AvgIpc) is 2.32. The highest BCUT2D eigenvalue weighted by Crippen LogP contribution is 2.14. The molecule has 3 heteroatoms. The SMILES string of the molecule is Cc1cc(C#N)ccc1CN1CCN[C@H](C)C1. The Labute approximate surface area is 103 Å². The third-order valence-electron chi connectivity index (χ3n) is 3.32. The van der Waals surface area contributed by atoms with Gasteiger partial charge in [0.05, 0.1) is 11.6 Å². The van der Waals surface area contributed by atoms with Crippen LogP contribution in [0, 0.1) is 18.3 Å². The fourth-order valence-electron chi connectivity index (χ4n) is 2.34. The quantitative estimate of drug-likeness (QED) is 0.838. The Balaban J connectivity index is 2.06. The van der Waals surface area contributed by atoms with Crippen molar-refractivity contribution >= 4 is 0 Å². The zero-order valence-electron chi connectivity index (χ0n) is 10.5. The fourth-order valence-corrected chi connectivity index (χ4v) is 2.34. The third-order valence-corrected chi connectivity index (χ3v) is 3.32. The first kappa shape index (κ1) is 12.1. The van der Waals surface area contributed by atoms with E-state index in [9.17, 15) is 0 Å². The predicted molar refractivity (Wildman–Crippen MR) is 68.6 cm³/mol. The first-order valence-electron chi connectivity index (χ1n) is 6.14. The minimum absolute atomic E-state index is 0.572. The van der Waals surface area contributed by atoms with E-state index in [1.807, 2.05) is 12.1 Å². The molecule has 1 atom stereocenters. The molecule has 1 aromatic rings. The molecule has 17 heavy (non-hydrogen) atoms. The number of hydrogen-bond donors (Lipinski definition) is 1. The van der Waals surface area contributed by atoms with E-state index >= 15 is 0 Å². The summed E-state index contributed by atoms with van der Waals surface area (Å²) >= 11 is 0. The first-order valence-corrected chi connectivity index (χ1v) is 6.14. The van der Waals surface area contributed by atoms with Crippen LogP contribution >= 0.6 is 0 Å². The van der Waals surface area contributed by atoms with Gasteiger partial charge in [-0.15, -0.1) is 0 Å². The van der Waals surface area contributed by atoms with Crippen LogP contribution in [0.2, 0.25) is 0 Å². The molecule has 90 valence electrons. The molecular weight excluding hydrogens is 210 g/mol. The van der Waals surface area contributed by atoms with E-state index in [2.05, 4.69) is 36.2 Å². The summed E-state index contributed by atoms with van der Waals surface area (Å²) in [5.41, 5.74) is 3.30. The second-order valence-corrected chi connectivity index (χ2v) is 4.84. The summed E-state index contributed by atoms with van der Waals surface area (Å²) in [7, 11) is 0. The number of aryl methyl sites for hydroxylation is 1. The largest absolute Gasteiger partial charge is 0.312 e. The van der Waals surface area contributed by atoms with Gasteiger partial charge in [0.25, 0.3) is 0 Å². The lowest BCUT2D eigenvalue weighted by atomic mass is 10.0. The van der Waals surface area contributed by atoms with Crippen molar-refractivity contribution in [3.63, 3.8) is 0 Å². The molecule has 0 aliphatic carbocycles. The van der Waals surface area contributed by atoms with Gasteiger partial charge in [-0.2, -0.15) is 5.26 Å². The summed E-state index contributed by atoms with van der Waals surface area (Å²) in [4.78, 5) is 2.47. The molecular formula is C14H19N3. The second kappa shape index (κ2) is 5.31. The molecule has 1 N–H and O–H groups in total. The van der Waals surface area contributed by atoms with Crippen LogP contribution in [-0.4, -0.2) is 30.6 Å². The van der Waals surface area contributed by atoms with Crippen molar-refractivity contribution in [2.75, 3.05) is 19.6 Å². The maximum absolute atomic E-state index is 8.84. The van der Waals surface area contributed by atoms with E-state index in [-0.39, 0.29) is 0 Å². The van der Waals surface area contributed by atoms with Gasteiger partial charge >= 0.3 is 0 Å². The van der Waals surface area contributed by atoms with Crippen LogP contribution in [0.4, 0.5) is 0 Å². The number of nitrogens with zero attached hydrogens (tertiary/aromatic N) is 2. The predicted octanol–water partition coefficient (Wildman–Crippen LogP) is 1.66. The van der Waals surface area contributed by atoms with Gasteiger partial charge in [-0.1, -0.05) is 6.07 Å². The monoisotopic (exact) mass is 229 g/mol. The third kappa shape index (κ3) is 3.06. The summed E-state index contributed by atoms with van der Waals surface area (Å²) in [6.07, 6.45) is 0. The number of piperazine rings is 1. The fraction of sp³-hybridized carbons (Fsp3) is 0.500. The van der Waals surface area contributed by atoms with E-state index in [1.165, 1.54) is 11.1 Å². The molecule has 0 radical (unpaired) electrons. The summed E-state index contributed by atoms with van der Waals surface area (Å²) < 4.78 is 0. The Kier molecular flexibility index (Phi) is 3.78. The number of nitriles is 1. The van der Waals surface area contributed by atoms with Crippen molar-refractivity contribution in [3.8, 4) is 6.07 Å². The zero-order chi connectivity index (χ0) is 12.3. The van der Waals surface area contributed by atoms with E-state index in [4.69, 9.17) is 5.26 Å². The molecule has 1 heterocycles. The van der Waals surface area contributed by atoms with E-state index in [1.54, 1.807) is 0 Å². The normalized spacial score (nSPS) is 21.1. The Hall–Kier alpha value is -1.37. The molecule has 2 rings (SSSR count). The molecule has 0 spiro atoms. The van der Waals surface area contributed by atoms with Gasteiger partial charge in [-0.05, 0) is 37.1 Å². The van der Waals surface area contributed by atoms with Crippen molar-refractivity contribution in [3.05, 3.63) is 34.9 Å². The van der Waals surface area contributed by atoms with Gasteiger partial charge in [0, 0.05) is 32.2 Å². The van der Waals surface area contributed by atoms with E-state index < -0.39 is 0 Å². The smallest absolute Gasteiger partial charge is 0.0991 e. The van der Waals surface area contributed by atoms with E-state index in [0.717, 1.165) is 31.7 Å². The van der Waals surface area contributed by atoms with Gasteiger partial charge in [-0.25, -0.2) is 0 Å². The molecule has 3 nitrogen and oxygen atoms in total. The highest BCUT2D eigenvalue weighted by atomic mass is 15.2. The second-order valence-electron chi connectivity index (χ2n) is 4.84. The first-order chi connectivity index (χ1) is 8.19. The Bertz CT molecular complexity index is 434. The molecule has 1 fully saturated rings. The lowest BCUT2D eigenvalue weighted by Crippen LogP contribution is -2.48. The van der Waals surface area contributed by atoms with Gasteiger partial charge in [0.15, 0.2) is 0 Å². The topological polar surface area (TPSA) is 39.1 Å². The standard InChI is InChI=1S/C14H19N3/c1-11-7-13(8-15)3-4-14(11)10-17-6-5-16-12(2)9-17/h3-4,7,12,16H,5-6,9-10H2,1-2H3/t12-/m1/s1. The average molecular weight is 229 g/mol. The van der Waals surface area contributed by atoms with Gasteiger partial charge in [0.1, 0.15) is 0 Å². The number of nitrogens with one attached hydrogen (secondary N) is 1. The maximum atomic E-state index is 8.84. The van der Waals surface area contributed by atoms with Crippen LogP contribution in [-0.2, 0) is 6.54 Å². The number of rotatable bonds is 2. The van der Waals surface area contributed by atoms with E-state index in [0.29, 0.717) is 6.04 Å². The summed E-state index contributed by atoms with van der Waals surface area (Å²) in [5, 5.41) is 12.3. The maximum Gasteiger partial charge on any atom is 0.0991 e. The molecule has 1 aliphatic rings. The molecule has 0 saturated carbocycles. The Morgan fingerprint density at radius 2 is 2.35 bits per heavy atom. The highest BCUT2D eigenvalue weighted by Gasteiger charge is 2.16. The summed E-state index contributed by atoms with van der Waals surface area (Å²) in [6, 6.07) is 8.72. The van der Waals surface area contributed by atoms with Crippen LogP contribution < -0.4 is 5.32 Å². The van der Waals surface area contributed by atoms with Gasteiger partial charge in [0.2, 0.25) is 0 Å². The number of hydrogen-bond acceptors (Lipinski definition) is 3. The summed E-state index contributed by atoms with van der Waals surface area (Å²) in [6.45, 7) is 8.56. The van der Waals surface area contributed by atoms with Crippen molar-refractivity contribution in [2.45, 2.75) is 26.4 Å². The van der Waals surface area contributed by atoms with Gasteiger partial charge < -0.3 is 5.32 Å². The highest BCUT2D eigenvalue weighted by molar-refractivity contribution is 5.37. The van der Waals surface area contributed by atoms with Crippen molar-refractivity contribution < 1.29 is 0 Å².